The third kappa shape index (κ3) is 3.24. The van der Waals surface area contributed by atoms with Gasteiger partial charge in [0, 0.05) is 13.1 Å². The van der Waals surface area contributed by atoms with Crippen molar-refractivity contribution in [2.75, 3.05) is 13.1 Å². The van der Waals surface area contributed by atoms with Gasteiger partial charge in [-0.3, -0.25) is 4.90 Å². The van der Waals surface area contributed by atoms with Gasteiger partial charge in [0.05, 0.1) is 17.6 Å². The highest BCUT2D eigenvalue weighted by Crippen LogP contribution is 2.28. The molecule has 1 aromatic heterocycles. The van der Waals surface area contributed by atoms with E-state index in [1.54, 1.807) is 4.80 Å². The number of para-hydroxylation sites is 1. The number of hydrogen-bond acceptors (Lipinski definition) is 3. The second-order valence-electron chi connectivity index (χ2n) is 6.60. The molecule has 1 fully saturated rings. The number of aromatic nitrogens is 3. The zero-order valence-corrected chi connectivity index (χ0v) is 14.0. The van der Waals surface area contributed by atoms with Crippen molar-refractivity contribution in [2.45, 2.75) is 25.8 Å². The summed E-state index contributed by atoms with van der Waals surface area (Å²) in [6.07, 6.45) is 3.10. The average Bonchev–Trinajstić information content (AvgIpc) is 3.26. The second kappa shape index (κ2) is 6.57. The van der Waals surface area contributed by atoms with Crippen molar-refractivity contribution in [3.05, 3.63) is 77.6 Å². The highest BCUT2D eigenvalue weighted by Gasteiger charge is 2.24. The predicted molar refractivity (Wildman–Crippen MR) is 95.2 cm³/mol. The Hall–Kier alpha value is -2.46. The summed E-state index contributed by atoms with van der Waals surface area (Å²) in [5.74, 6) is 0.633. The van der Waals surface area contributed by atoms with E-state index < -0.39 is 0 Å². The van der Waals surface area contributed by atoms with Gasteiger partial charge >= 0.3 is 0 Å². The van der Waals surface area contributed by atoms with Crippen LogP contribution in [0.25, 0.3) is 5.69 Å². The standard InChI is InChI=1S/C20H22N4/c1-16-6-5-7-17(12-16)18-10-11-23(14-18)15-19-13-21-24(22-19)20-8-3-2-4-9-20/h2-9,12-13,18H,10-11,14-15H2,1H3. The first kappa shape index (κ1) is 15.1. The molecule has 4 rings (SSSR count). The van der Waals surface area contributed by atoms with Crippen molar-refractivity contribution in [1.29, 1.82) is 0 Å². The van der Waals surface area contributed by atoms with Gasteiger partial charge in [-0.2, -0.15) is 15.0 Å². The molecule has 1 saturated heterocycles. The van der Waals surface area contributed by atoms with E-state index in [2.05, 4.69) is 46.3 Å². The smallest absolute Gasteiger partial charge is 0.0971 e. The number of nitrogens with zero attached hydrogens (tertiary/aromatic N) is 4. The molecule has 0 aliphatic carbocycles. The zero-order chi connectivity index (χ0) is 16.4. The molecule has 1 aliphatic rings. The summed E-state index contributed by atoms with van der Waals surface area (Å²) in [6.45, 7) is 5.26. The predicted octanol–water partition coefficient (Wildman–Crippen LogP) is 3.57. The lowest BCUT2D eigenvalue weighted by molar-refractivity contribution is 0.322. The fraction of sp³-hybridized carbons (Fsp3) is 0.300. The van der Waals surface area contributed by atoms with Crippen LogP contribution in [0.3, 0.4) is 0 Å². The van der Waals surface area contributed by atoms with Crippen LogP contribution in [0.2, 0.25) is 0 Å². The van der Waals surface area contributed by atoms with Crippen molar-refractivity contribution < 1.29 is 0 Å². The van der Waals surface area contributed by atoms with E-state index in [0.717, 1.165) is 31.0 Å². The summed E-state index contributed by atoms with van der Waals surface area (Å²) in [5.41, 5.74) is 4.84. The van der Waals surface area contributed by atoms with Crippen LogP contribution in [-0.4, -0.2) is 33.0 Å². The van der Waals surface area contributed by atoms with Gasteiger partial charge in [0.15, 0.2) is 0 Å². The van der Waals surface area contributed by atoms with Gasteiger partial charge in [0.2, 0.25) is 0 Å². The van der Waals surface area contributed by atoms with Crippen LogP contribution >= 0.6 is 0 Å². The second-order valence-corrected chi connectivity index (χ2v) is 6.60. The molecule has 0 bridgehead atoms. The molecule has 1 unspecified atom stereocenters. The van der Waals surface area contributed by atoms with E-state index in [0.29, 0.717) is 5.92 Å². The van der Waals surface area contributed by atoms with E-state index in [4.69, 9.17) is 0 Å². The molecule has 4 nitrogen and oxygen atoms in total. The first-order valence-corrected chi connectivity index (χ1v) is 8.53. The quantitative estimate of drug-likeness (QED) is 0.737. The molecule has 1 aliphatic heterocycles. The Kier molecular flexibility index (Phi) is 4.13. The topological polar surface area (TPSA) is 34.0 Å². The number of rotatable bonds is 4. The van der Waals surface area contributed by atoms with Crippen LogP contribution in [0.1, 0.15) is 29.2 Å². The van der Waals surface area contributed by atoms with E-state index in [-0.39, 0.29) is 0 Å². The number of likely N-dealkylation sites (tertiary alicyclic amines) is 1. The monoisotopic (exact) mass is 318 g/mol. The molecule has 0 N–H and O–H groups in total. The van der Waals surface area contributed by atoms with Gasteiger partial charge in [-0.1, -0.05) is 48.0 Å². The Morgan fingerprint density at radius 3 is 2.79 bits per heavy atom. The lowest BCUT2D eigenvalue weighted by Crippen LogP contribution is -2.20. The fourth-order valence-corrected chi connectivity index (χ4v) is 3.45. The minimum atomic E-state index is 0.633. The highest BCUT2D eigenvalue weighted by atomic mass is 15.5. The van der Waals surface area contributed by atoms with E-state index in [1.165, 1.54) is 17.5 Å². The summed E-state index contributed by atoms with van der Waals surface area (Å²) < 4.78 is 0. The summed E-state index contributed by atoms with van der Waals surface area (Å²) in [6, 6.07) is 19.0. The van der Waals surface area contributed by atoms with E-state index in [1.807, 2.05) is 36.5 Å². The maximum Gasteiger partial charge on any atom is 0.0971 e. The molecular weight excluding hydrogens is 296 g/mol. The van der Waals surface area contributed by atoms with Gasteiger partial charge in [0.25, 0.3) is 0 Å². The van der Waals surface area contributed by atoms with Crippen LogP contribution in [-0.2, 0) is 6.54 Å². The molecule has 4 heteroatoms. The fourth-order valence-electron chi connectivity index (χ4n) is 3.45. The van der Waals surface area contributed by atoms with Gasteiger partial charge in [-0.15, -0.1) is 0 Å². The molecule has 2 heterocycles. The Bertz CT molecular complexity index is 809. The van der Waals surface area contributed by atoms with Crippen molar-refractivity contribution in [1.82, 2.24) is 19.9 Å². The highest BCUT2D eigenvalue weighted by molar-refractivity contribution is 5.29. The molecule has 24 heavy (non-hydrogen) atoms. The number of hydrogen-bond donors (Lipinski definition) is 0. The molecule has 0 radical (unpaired) electrons. The van der Waals surface area contributed by atoms with Crippen LogP contribution in [0.15, 0.2) is 60.8 Å². The Morgan fingerprint density at radius 1 is 1.08 bits per heavy atom. The van der Waals surface area contributed by atoms with Crippen LogP contribution in [0.5, 0.6) is 0 Å². The molecule has 2 aromatic carbocycles. The molecule has 0 amide bonds. The van der Waals surface area contributed by atoms with Crippen molar-refractivity contribution in [3.8, 4) is 5.69 Å². The van der Waals surface area contributed by atoms with Crippen LogP contribution in [0, 0.1) is 6.92 Å². The Labute approximate surface area is 142 Å². The SMILES string of the molecule is Cc1cccc(C2CCN(Cc3cnn(-c4ccccc4)n3)C2)c1. The van der Waals surface area contributed by atoms with Gasteiger partial charge in [-0.05, 0) is 43.5 Å². The average molecular weight is 318 g/mol. The van der Waals surface area contributed by atoms with Crippen molar-refractivity contribution in [3.63, 3.8) is 0 Å². The normalized spacial score (nSPS) is 18.1. The largest absolute Gasteiger partial charge is 0.297 e. The van der Waals surface area contributed by atoms with Crippen LogP contribution in [0.4, 0.5) is 0 Å². The molecule has 3 aromatic rings. The lowest BCUT2D eigenvalue weighted by Gasteiger charge is -2.14. The van der Waals surface area contributed by atoms with Gasteiger partial charge in [-0.25, -0.2) is 0 Å². The minimum Gasteiger partial charge on any atom is -0.297 e. The first-order chi connectivity index (χ1) is 11.8. The Morgan fingerprint density at radius 2 is 1.96 bits per heavy atom. The lowest BCUT2D eigenvalue weighted by atomic mass is 9.97. The number of benzene rings is 2. The maximum absolute atomic E-state index is 4.62. The van der Waals surface area contributed by atoms with Gasteiger partial charge < -0.3 is 0 Å². The maximum atomic E-state index is 4.62. The molecular formula is C20H22N4. The summed E-state index contributed by atoms with van der Waals surface area (Å²) in [4.78, 5) is 4.19. The summed E-state index contributed by atoms with van der Waals surface area (Å²) in [7, 11) is 0. The van der Waals surface area contributed by atoms with Crippen LogP contribution < -0.4 is 0 Å². The van der Waals surface area contributed by atoms with Crippen molar-refractivity contribution in [2.24, 2.45) is 0 Å². The summed E-state index contributed by atoms with van der Waals surface area (Å²) in [5, 5.41) is 9.02. The Balaban J connectivity index is 1.41. The molecule has 1 atom stereocenters. The molecule has 122 valence electrons. The molecule has 0 spiro atoms. The third-order valence-electron chi connectivity index (χ3n) is 4.70. The van der Waals surface area contributed by atoms with Gasteiger partial charge in [0.1, 0.15) is 0 Å². The van der Waals surface area contributed by atoms with E-state index in [9.17, 15) is 0 Å². The first-order valence-electron chi connectivity index (χ1n) is 8.53. The zero-order valence-electron chi connectivity index (χ0n) is 14.0. The minimum absolute atomic E-state index is 0.633. The third-order valence-corrected chi connectivity index (χ3v) is 4.70. The molecule has 0 saturated carbocycles. The summed E-state index contributed by atoms with van der Waals surface area (Å²) >= 11 is 0. The van der Waals surface area contributed by atoms with E-state index >= 15 is 0 Å². The van der Waals surface area contributed by atoms with Crippen molar-refractivity contribution >= 4 is 0 Å². The number of aryl methyl sites for hydroxylation is 1.